The number of hydrogen-bond donors (Lipinski definition) is 2. The van der Waals surface area contributed by atoms with Gasteiger partial charge in [-0.05, 0) is 32.9 Å². The third-order valence-electron chi connectivity index (χ3n) is 4.24. The lowest BCUT2D eigenvalue weighted by Crippen LogP contribution is -2.46. The van der Waals surface area contributed by atoms with Gasteiger partial charge in [0.15, 0.2) is 5.79 Å². The molecular formula is C16H22O8S. The number of rotatable bonds is 4. The molecule has 1 spiro atoms. The Kier molecular flexibility index (Phi) is 4.70. The molecule has 1 aromatic carbocycles. The molecule has 0 aromatic heterocycles. The summed E-state index contributed by atoms with van der Waals surface area (Å²) in [6.07, 6.45) is -3.83. The molecule has 2 N–H and O–H groups in total. The maximum absolute atomic E-state index is 12.2. The number of hydrogen-bond acceptors (Lipinski definition) is 8. The fraction of sp³-hybridized carbons (Fsp3) is 0.625. The molecule has 0 unspecified atom stereocenters. The number of aliphatic hydroxyl groups excluding tert-OH is 2. The minimum Gasteiger partial charge on any atom is -0.387 e. The second kappa shape index (κ2) is 6.27. The summed E-state index contributed by atoms with van der Waals surface area (Å²) in [5.41, 5.74) is 0.916. The molecule has 2 fully saturated rings. The van der Waals surface area contributed by atoms with Gasteiger partial charge in [0.1, 0.15) is 24.9 Å². The van der Waals surface area contributed by atoms with E-state index in [4.69, 9.17) is 18.4 Å². The van der Waals surface area contributed by atoms with Gasteiger partial charge in [0, 0.05) is 0 Å². The van der Waals surface area contributed by atoms with Crippen molar-refractivity contribution < 1.29 is 37.0 Å². The lowest BCUT2D eigenvalue weighted by molar-refractivity contribution is -0.269. The minimum absolute atomic E-state index is 0.00225. The van der Waals surface area contributed by atoms with Crippen LogP contribution in [0.1, 0.15) is 19.4 Å². The van der Waals surface area contributed by atoms with Crippen LogP contribution < -0.4 is 0 Å². The standard InChI is InChI=1S/C16H22O8S/c1-10-4-6-11(7-5-10)25(19,20)22-8-12-13(17)14(18)16(23-12)9-21-15(2,3)24-16/h4-7,12-14,17-18H,8-9H2,1-3H3/t12-,13+,14-,16-/m0/s1. The van der Waals surface area contributed by atoms with Crippen molar-refractivity contribution in [1.29, 1.82) is 0 Å². The third-order valence-corrected chi connectivity index (χ3v) is 5.54. The van der Waals surface area contributed by atoms with Crippen LogP contribution in [0.3, 0.4) is 0 Å². The van der Waals surface area contributed by atoms with Gasteiger partial charge in [-0.1, -0.05) is 17.7 Å². The fourth-order valence-electron chi connectivity index (χ4n) is 2.87. The van der Waals surface area contributed by atoms with Gasteiger partial charge < -0.3 is 24.4 Å². The smallest absolute Gasteiger partial charge is 0.297 e. The van der Waals surface area contributed by atoms with E-state index in [2.05, 4.69) is 0 Å². The first-order chi connectivity index (χ1) is 11.5. The molecular weight excluding hydrogens is 352 g/mol. The first-order valence-electron chi connectivity index (χ1n) is 7.89. The van der Waals surface area contributed by atoms with Crippen molar-refractivity contribution in [3.05, 3.63) is 29.8 Å². The van der Waals surface area contributed by atoms with E-state index < -0.39 is 46.6 Å². The summed E-state index contributed by atoms with van der Waals surface area (Å²) >= 11 is 0. The van der Waals surface area contributed by atoms with Crippen LogP contribution in [0, 0.1) is 6.92 Å². The average Bonchev–Trinajstić information content (AvgIpc) is 2.97. The van der Waals surface area contributed by atoms with Gasteiger partial charge in [0.25, 0.3) is 10.1 Å². The Morgan fingerprint density at radius 3 is 2.44 bits per heavy atom. The van der Waals surface area contributed by atoms with Gasteiger partial charge in [-0.3, -0.25) is 4.18 Å². The molecule has 0 bridgehead atoms. The van der Waals surface area contributed by atoms with E-state index in [-0.39, 0.29) is 11.5 Å². The van der Waals surface area contributed by atoms with Crippen LogP contribution in [-0.2, 0) is 28.5 Å². The highest BCUT2D eigenvalue weighted by atomic mass is 32.2. The molecule has 25 heavy (non-hydrogen) atoms. The summed E-state index contributed by atoms with van der Waals surface area (Å²) in [5.74, 6) is -2.52. The molecule has 140 valence electrons. The highest BCUT2D eigenvalue weighted by molar-refractivity contribution is 7.86. The van der Waals surface area contributed by atoms with E-state index in [0.717, 1.165) is 5.56 Å². The Hall–Kier alpha value is -1.07. The molecule has 1 aromatic rings. The van der Waals surface area contributed by atoms with Crippen LogP contribution in [0.15, 0.2) is 29.2 Å². The summed E-state index contributed by atoms with van der Waals surface area (Å²) in [6, 6.07) is 6.18. The van der Waals surface area contributed by atoms with Gasteiger partial charge in [0.2, 0.25) is 5.79 Å². The van der Waals surface area contributed by atoms with E-state index in [9.17, 15) is 18.6 Å². The van der Waals surface area contributed by atoms with Gasteiger partial charge in [-0.2, -0.15) is 8.42 Å². The molecule has 2 aliphatic heterocycles. The van der Waals surface area contributed by atoms with E-state index >= 15 is 0 Å². The fourth-order valence-corrected chi connectivity index (χ4v) is 3.79. The van der Waals surface area contributed by atoms with Crippen LogP contribution in [0.2, 0.25) is 0 Å². The Labute approximate surface area is 146 Å². The number of aliphatic hydroxyl groups is 2. The third kappa shape index (κ3) is 3.59. The quantitative estimate of drug-likeness (QED) is 0.724. The molecule has 2 heterocycles. The van der Waals surface area contributed by atoms with Gasteiger partial charge >= 0.3 is 0 Å². The van der Waals surface area contributed by atoms with Crippen LogP contribution in [0.25, 0.3) is 0 Å². The lowest BCUT2D eigenvalue weighted by Gasteiger charge is -2.27. The highest BCUT2D eigenvalue weighted by Crippen LogP contribution is 2.41. The molecule has 2 aliphatic rings. The van der Waals surface area contributed by atoms with Crippen molar-refractivity contribution in [3.63, 3.8) is 0 Å². The lowest BCUT2D eigenvalue weighted by atomic mass is 10.1. The summed E-state index contributed by atoms with van der Waals surface area (Å²) in [7, 11) is -4.01. The summed E-state index contributed by atoms with van der Waals surface area (Å²) < 4.78 is 46.0. The molecule has 0 radical (unpaired) electrons. The van der Waals surface area contributed by atoms with Crippen molar-refractivity contribution in [2.45, 2.75) is 55.6 Å². The van der Waals surface area contributed by atoms with Crippen molar-refractivity contribution in [2.75, 3.05) is 13.2 Å². The summed E-state index contributed by atoms with van der Waals surface area (Å²) in [5, 5.41) is 20.4. The van der Waals surface area contributed by atoms with Gasteiger partial charge in [-0.15, -0.1) is 0 Å². The second-order valence-electron chi connectivity index (χ2n) is 6.75. The monoisotopic (exact) mass is 374 g/mol. The van der Waals surface area contributed by atoms with E-state index in [0.29, 0.717) is 0 Å². The Balaban J connectivity index is 1.68. The van der Waals surface area contributed by atoms with Crippen molar-refractivity contribution >= 4 is 10.1 Å². The maximum atomic E-state index is 12.2. The summed E-state index contributed by atoms with van der Waals surface area (Å²) in [4.78, 5) is 0.00225. The molecule has 0 amide bonds. The molecule has 4 atom stereocenters. The first-order valence-corrected chi connectivity index (χ1v) is 9.30. The number of ether oxygens (including phenoxy) is 3. The van der Waals surface area contributed by atoms with Crippen LogP contribution in [0.5, 0.6) is 0 Å². The number of benzene rings is 1. The Morgan fingerprint density at radius 2 is 1.88 bits per heavy atom. The van der Waals surface area contributed by atoms with E-state index in [1.54, 1.807) is 26.0 Å². The SMILES string of the molecule is Cc1ccc(S(=O)(=O)OC[C@@H]2O[C@]3(COC(C)(C)O3)[C@@H](O)[C@@H]2O)cc1. The van der Waals surface area contributed by atoms with Crippen LogP contribution in [0.4, 0.5) is 0 Å². The molecule has 8 nitrogen and oxygen atoms in total. The average molecular weight is 374 g/mol. The van der Waals surface area contributed by atoms with Crippen LogP contribution in [-0.4, -0.2) is 61.7 Å². The topological polar surface area (TPSA) is 112 Å². The molecule has 0 aliphatic carbocycles. The normalized spacial score (nSPS) is 34.7. The van der Waals surface area contributed by atoms with E-state index in [1.807, 2.05) is 6.92 Å². The molecule has 3 rings (SSSR count). The zero-order valence-corrected chi connectivity index (χ0v) is 15.0. The van der Waals surface area contributed by atoms with Gasteiger partial charge in [0.05, 0.1) is 11.5 Å². The largest absolute Gasteiger partial charge is 0.387 e. The minimum atomic E-state index is -4.01. The van der Waals surface area contributed by atoms with Crippen molar-refractivity contribution in [1.82, 2.24) is 0 Å². The van der Waals surface area contributed by atoms with E-state index in [1.165, 1.54) is 12.1 Å². The predicted octanol–water partition coefficient (Wildman–Crippen LogP) is 0.300. The Morgan fingerprint density at radius 1 is 1.24 bits per heavy atom. The summed E-state index contributed by atoms with van der Waals surface area (Å²) in [6.45, 7) is 4.59. The molecule has 0 saturated carbocycles. The maximum Gasteiger partial charge on any atom is 0.297 e. The molecule has 2 saturated heterocycles. The van der Waals surface area contributed by atoms with Crippen molar-refractivity contribution in [2.24, 2.45) is 0 Å². The second-order valence-corrected chi connectivity index (χ2v) is 8.36. The van der Waals surface area contributed by atoms with Crippen molar-refractivity contribution in [3.8, 4) is 0 Å². The first kappa shape index (κ1) is 18.7. The zero-order valence-electron chi connectivity index (χ0n) is 14.2. The predicted molar refractivity (Wildman–Crippen MR) is 85.1 cm³/mol. The zero-order chi connectivity index (χ0) is 18.5. The molecule has 9 heteroatoms. The van der Waals surface area contributed by atoms with Gasteiger partial charge in [-0.25, -0.2) is 0 Å². The van der Waals surface area contributed by atoms with Crippen LogP contribution >= 0.6 is 0 Å². The number of aryl methyl sites for hydroxylation is 1. The highest BCUT2D eigenvalue weighted by Gasteiger charge is 2.61. The Bertz CT molecular complexity index is 729.